The highest BCUT2D eigenvalue weighted by Gasteiger charge is 2.00. The minimum atomic E-state index is 0.510. The van der Waals surface area contributed by atoms with E-state index < -0.39 is 0 Å². The zero-order valence-electron chi connectivity index (χ0n) is 11.5. The Morgan fingerprint density at radius 2 is 1.83 bits per heavy atom. The fraction of sp³-hybridized carbons (Fsp3) is 0.692. The molecule has 0 saturated heterocycles. The Kier molecular flexibility index (Phi) is 7.10. The second kappa shape index (κ2) is 8.69. The molecule has 0 aliphatic carbocycles. The molecule has 0 bridgehead atoms. The number of hydrogen-bond acceptors (Lipinski definition) is 5. The Morgan fingerprint density at radius 1 is 1.17 bits per heavy atom. The largest absolute Gasteiger partial charge is 0.477 e. The standard InChI is InChI=1S/C13H23N3O2/c1-4-7-17-12-9-14-10-13(16-12)18-8-5-6-15-11(2)3/h9-11,15H,4-8H2,1-3H3. The number of aromatic nitrogens is 2. The van der Waals surface area contributed by atoms with Crippen LogP contribution in [0.15, 0.2) is 12.4 Å². The fourth-order valence-corrected chi connectivity index (χ4v) is 1.32. The fourth-order valence-electron chi connectivity index (χ4n) is 1.32. The molecule has 0 aliphatic rings. The molecule has 1 aromatic rings. The molecule has 0 aromatic carbocycles. The van der Waals surface area contributed by atoms with E-state index in [9.17, 15) is 0 Å². The van der Waals surface area contributed by atoms with Crippen LogP contribution in [0.25, 0.3) is 0 Å². The van der Waals surface area contributed by atoms with Crippen molar-refractivity contribution < 1.29 is 9.47 Å². The third kappa shape index (κ3) is 6.39. The Bertz CT molecular complexity index is 332. The van der Waals surface area contributed by atoms with Gasteiger partial charge in [-0.2, -0.15) is 4.98 Å². The minimum Gasteiger partial charge on any atom is -0.477 e. The summed E-state index contributed by atoms with van der Waals surface area (Å²) in [4.78, 5) is 8.25. The lowest BCUT2D eigenvalue weighted by molar-refractivity contribution is 0.272. The second-order valence-corrected chi connectivity index (χ2v) is 4.35. The topological polar surface area (TPSA) is 56.3 Å². The van der Waals surface area contributed by atoms with Gasteiger partial charge in [-0.15, -0.1) is 0 Å². The molecule has 0 radical (unpaired) electrons. The summed E-state index contributed by atoms with van der Waals surface area (Å²) < 4.78 is 10.9. The monoisotopic (exact) mass is 253 g/mol. The van der Waals surface area contributed by atoms with Crippen molar-refractivity contribution in [2.75, 3.05) is 19.8 Å². The molecular weight excluding hydrogens is 230 g/mol. The van der Waals surface area contributed by atoms with Crippen molar-refractivity contribution in [3.8, 4) is 11.8 Å². The third-order valence-corrected chi connectivity index (χ3v) is 2.17. The van der Waals surface area contributed by atoms with Gasteiger partial charge in [-0.25, -0.2) is 0 Å². The lowest BCUT2D eigenvalue weighted by atomic mass is 10.3. The number of hydrogen-bond donors (Lipinski definition) is 1. The molecule has 5 nitrogen and oxygen atoms in total. The van der Waals surface area contributed by atoms with Crippen LogP contribution in [0.5, 0.6) is 11.8 Å². The van der Waals surface area contributed by atoms with Crippen LogP contribution in [0.1, 0.15) is 33.6 Å². The highest BCUT2D eigenvalue weighted by Crippen LogP contribution is 2.11. The second-order valence-electron chi connectivity index (χ2n) is 4.35. The third-order valence-electron chi connectivity index (χ3n) is 2.17. The first-order valence-corrected chi connectivity index (χ1v) is 6.53. The molecule has 0 saturated carbocycles. The molecule has 0 fully saturated rings. The van der Waals surface area contributed by atoms with Crippen LogP contribution in [0.2, 0.25) is 0 Å². The first-order chi connectivity index (χ1) is 8.72. The SMILES string of the molecule is CCCOc1cncc(OCCCNC(C)C)n1. The Hall–Kier alpha value is -1.36. The van der Waals surface area contributed by atoms with E-state index in [-0.39, 0.29) is 0 Å². The Balaban J connectivity index is 2.24. The van der Waals surface area contributed by atoms with Gasteiger partial charge in [-0.3, -0.25) is 4.98 Å². The molecule has 0 amide bonds. The van der Waals surface area contributed by atoms with Crippen LogP contribution < -0.4 is 14.8 Å². The first-order valence-electron chi connectivity index (χ1n) is 6.53. The molecule has 5 heteroatoms. The first kappa shape index (κ1) is 14.7. The lowest BCUT2D eigenvalue weighted by Gasteiger charge is -2.09. The molecule has 0 aliphatic heterocycles. The van der Waals surface area contributed by atoms with E-state index in [0.717, 1.165) is 19.4 Å². The summed E-state index contributed by atoms with van der Waals surface area (Å²) in [5.74, 6) is 1.04. The van der Waals surface area contributed by atoms with Crippen LogP contribution >= 0.6 is 0 Å². The quantitative estimate of drug-likeness (QED) is 0.682. The number of rotatable bonds is 9. The van der Waals surface area contributed by atoms with Gasteiger partial charge in [0.05, 0.1) is 25.6 Å². The van der Waals surface area contributed by atoms with Crippen LogP contribution in [-0.2, 0) is 0 Å². The molecule has 1 aromatic heterocycles. The average Bonchev–Trinajstić information content (AvgIpc) is 2.36. The van der Waals surface area contributed by atoms with Crippen molar-refractivity contribution in [2.24, 2.45) is 0 Å². The summed E-state index contributed by atoms with van der Waals surface area (Å²) in [5.41, 5.74) is 0. The van der Waals surface area contributed by atoms with E-state index in [0.29, 0.717) is 31.0 Å². The Labute approximate surface area is 109 Å². The zero-order valence-corrected chi connectivity index (χ0v) is 11.5. The summed E-state index contributed by atoms with van der Waals surface area (Å²) in [5, 5.41) is 3.33. The summed E-state index contributed by atoms with van der Waals surface area (Å²) in [6.45, 7) is 8.52. The van der Waals surface area contributed by atoms with Crippen LogP contribution in [0.3, 0.4) is 0 Å². The zero-order chi connectivity index (χ0) is 13.2. The predicted octanol–water partition coefficient (Wildman–Crippen LogP) is 2.03. The van der Waals surface area contributed by atoms with E-state index in [2.05, 4.69) is 36.1 Å². The summed E-state index contributed by atoms with van der Waals surface area (Å²) >= 11 is 0. The predicted molar refractivity (Wildman–Crippen MR) is 71.1 cm³/mol. The van der Waals surface area contributed by atoms with Crippen molar-refractivity contribution >= 4 is 0 Å². The summed E-state index contributed by atoms with van der Waals surface area (Å²) in [6.07, 6.45) is 5.10. The molecule has 0 unspecified atom stereocenters. The van der Waals surface area contributed by atoms with Gasteiger partial charge in [-0.1, -0.05) is 20.8 Å². The molecule has 18 heavy (non-hydrogen) atoms. The van der Waals surface area contributed by atoms with E-state index in [1.807, 2.05) is 0 Å². The van der Waals surface area contributed by atoms with Gasteiger partial charge in [0.25, 0.3) is 0 Å². The van der Waals surface area contributed by atoms with E-state index in [1.165, 1.54) is 0 Å². The summed E-state index contributed by atoms with van der Waals surface area (Å²) in [7, 11) is 0. The van der Waals surface area contributed by atoms with Gasteiger partial charge in [0.2, 0.25) is 11.8 Å². The minimum absolute atomic E-state index is 0.510. The van der Waals surface area contributed by atoms with E-state index >= 15 is 0 Å². The maximum absolute atomic E-state index is 5.51. The van der Waals surface area contributed by atoms with E-state index in [4.69, 9.17) is 9.47 Å². The van der Waals surface area contributed by atoms with Crippen molar-refractivity contribution in [3.63, 3.8) is 0 Å². The smallest absolute Gasteiger partial charge is 0.235 e. The lowest BCUT2D eigenvalue weighted by Crippen LogP contribution is -2.24. The number of nitrogens with zero attached hydrogens (tertiary/aromatic N) is 2. The molecule has 1 rings (SSSR count). The molecule has 0 spiro atoms. The van der Waals surface area contributed by atoms with Gasteiger partial charge in [0.1, 0.15) is 0 Å². The van der Waals surface area contributed by atoms with Crippen molar-refractivity contribution in [2.45, 2.75) is 39.7 Å². The van der Waals surface area contributed by atoms with Gasteiger partial charge >= 0.3 is 0 Å². The van der Waals surface area contributed by atoms with Crippen molar-refractivity contribution in [3.05, 3.63) is 12.4 Å². The van der Waals surface area contributed by atoms with Gasteiger partial charge in [0, 0.05) is 6.04 Å². The highest BCUT2D eigenvalue weighted by atomic mass is 16.5. The van der Waals surface area contributed by atoms with Crippen LogP contribution in [0.4, 0.5) is 0 Å². The normalized spacial score (nSPS) is 10.7. The average molecular weight is 253 g/mol. The Morgan fingerprint density at radius 3 is 2.44 bits per heavy atom. The van der Waals surface area contributed by atoms with Gasteiger partial charge in [0.15, 0.2) is 0 Å². The molecular formula is C13H23N3O2. The van der Waals surface area contributed by atoms with Crippen LogP contribution in [0, 0.1) is 0 Å². The molecule has 0 atom stereocenters. The van der Waals surface area contributed by atoms with Crippen LogP contribution in [-0.4, -0.2) is 35.8 Å². The van der Waals surface area contributed by atoms with Crippen molar-refractivity contribution in [1.29, 1.82) is 0 Å². The highest BCUT2D eigenvalue weighted by molar-refractivity contribution is 5.12. The summed E-state index contributed by atoms with van der Waals surface area (Å²) in [6, 6.07) is 0.510. The maximum atomic E-state index is 5.51. The number of nitrogens with one attached hydrogen (secondary N) is 1. The molecule has 102 valence electrons. The molecule has 1 N–H and O–H groups in total. The van der Waals surface area contributed by atoms with Gasteiger partial charge in [-0.05, 0) is 19.4 Å². The van der Waals surface area contributed by atoms with E-state index in [1.54, 1.807) is 12.4 Å². The van der Waals surface area contributed by atoms with Crippen molar-refractivity contribution in [1.82, 2.24) is 15.3 Å². The molecule has 1 heterocycles. The number of ether oxygens (including phenoxy) is 2. The maximum Gasteiger partial charge on any atom is 0.235 e. The van der Waals surface area contributed by atoms with Gasteiger partial charge < -0.3 is 14.8 Å².